The van der Waals surface area contributed by atoms with Crippen LogP contribution in [0.25, 0.3) is 11.1 Å². The number of carbonyl (C=O) groups is 2. The van der Waals surface area contributed by atoms with Gasteiger partial charge in [0.05, 0.1) is 23.9 Å². The van der Waals surface area contributed by atoms with Gasteiger partial charge >= 0.3 is 0 Å². The van der Waals surface area contributed by atoms with Crippen LogP contribution in [-0.2, 0) is 20.8 Å². The summed E-state index contributed by atoms with van der Waals surface area (Å²) in [6.07, 6.45) is 5.02. The molecular weight excluding hydrogens is 548 g/mol. The summed E-state index contributed by atoms with van der Waals surface area (Å²) in [4.78, 5) is 31.3. The van der Waals surface area contributed by atoms with Crippen LogP contribution in [0.4, 0.5) is 5.69 Å². The highest BCUT2D eigenvalue weighted by Crippen LogP contribution is 2.38. The zero-order chi connectivity index (χ0) is 29.6. The minimum Gasteiger partial charge on any atom is -0.381 e. The Kier molecular flexibility index (Phi) is 10.3. The minimum atomic E-state index is -0.0329. The molecule has 0 bridgehead atoms. The minimum absolute atomic E-state index is 0.0329. The molecule has 5 rings (SSSR count). The number of carbonyl (C=O) groups excluding carboxylic acids is 2. The average Bonchev–Trinajstić information content (AvgIpc) is 2.99. The molecule has 0 aromatic heterocycles. The van der Waals surface area contributed by atoms with E-state index in [0.29, 0.717) is 29.5 Å². The van der Waals surface area contributed by atoms with Crippen LogP contribution in [0.3, 0.4) is 0 Å². The van der Waals surface area contributed by atoms with Crippen molar-refractivity contribution in [2.24, 2.45) is 0 Å². The quantitative estimate of drug-likeness (QED) is 0.277. The maximum absolute atomic E-state index is 13.8. The topological polar surface area (TPSA) is 59.1 Å². The van der Waals surface area contributed by atoms with E-state index in [4.69, 9.17) is 21.1 Å². The third-order valence-corrected chi connectivity index (χ3v) is 9.15. The molecule has 0 spiro atoms. The van der Waals surface area contributed by atoms with E-state index in [1.165, 1.54) is 5.56 Å². The largest absolute Gasteiger partial charge is 0.381 e. The van der Waals surface area contributed by atoms with E-state index in [0.717, 1.165) is 99.0 Å². The van der Waals surface area contributed by atoms with Crippen LogP contribution in [0.1, 0.15) is 68.8 Å². The first kappa shape index (κ1) is 30.7. The monoisotopic (exact) mass is 590 g/mol. The SMILES string of the molecule is CCN(c1cc(-c2ccc(CN3CCOCC3)cc2)cc(C(=O)CCC2=C(C)C=C(C)CC2=O)c1Cl)C1CCOCC1. The van der Waals surface area contributed by atoms with Crippen LogP contribution in [0.2, 0.25) is 5.02 Å². The number of ether oxygens (including phenoxy) is 2. The Morgan fingerprint density at radius 3 is 2.36 bits per heavy atom. The first-order valence-electron chi connectivity index (χ1n) is 15.3. The molecule has 2 saturated heterocycles. The standard InChI is InChI=1S/C35H43ClN2O4/c1-4-38(29-11-15-41-16-12-29)32-22-28(27-7-5-26(6-8-27)23-37-13-17-42-18-14-37)21-31(35(32)36)33(39)10-9-30-25(3)19-24(2)20-34(30)40/h5-8,19,21-22,29H,4,9-18,20,23H2,1-3H3. The summed E-state index contributed by atoms with van der Waals surface area (Å²) in [6, 6.07) is 13.0. The van der Waals surface area contributed by atoms with Gasteiger partial charge in [0, 0.05) is 63.8 Å². The molecule has 0 amide bonds. The Bertz CT molecular complexity index is 1350. The van der Waals surface area contributed by atoms with Gasteiger partial charge in [-0.3, -0.25) is 14.5 Å². The van der Waals surface area contributed by atoms with Gasteiger partial charge in [-0.15, -0.1) is 0 Å². The van der Waals surface area contributed by atoms with Gasteiger partial charge in [-0.25, -0.2) is 0 Å². The molecule has 0 atom stereocenters. The van der Waals surface area contributed by atoms with Crippen molar-refractivity contribution in [1.29, 1.82) is 0 Å². The predicted molar refractivity (Wildman–Crippen MR) is 169 cm³/mol. The number of Topliss-reactive ketones (excluding diaryl/α,β-unsaturated/α-hetero) is 2. The van der Waals surface area contributed by atoms with Crippen molar-refractivity contribution in [3.63, 3.8) is 0 Å². The molecule has 0 saturated carbocycles. The third-order valence-electron chi connectivity index (χ3n) is 8.75. The lowest BCUT2D eigenvalue weighted by Crippen LogP contribution is -2.39. The maximum Gasteiger partial charge on any atom is 0.164 e. The highest BCUT2D eigenvalue weighted by Gasteiger charge is 2.26. The molecule has 0 unspecified atom stereocenters. The van der Waals surface area contributed by atoms with Crippen LogP contribution < -0.4 is 4.90 Å². The number of nitrogens with zero attached hydrogens (tertiary/aromatic N) is 2. The van der Waals surface area contributed by atoms with Crippen molar-refractivity contribution in [2.45, 2.75) is 65.5 Å². The number of hydrogen-bond acceptors (Lipinski definition) is 6. The predicted octanol–water partition coefficient (Wildman–Crippen LogP) is 7.04. The highest BCUT2D eigenvalue weighted by molar-refractivity contribution is 6.36. The summed E-state index contributed by atoms with van der Waals surface area (Å²) in [5.41, 5.74) is 7.50. The second-order valence-electron chi connectivity index (χ2n) is 11.7. The zero-order valence-electron chi connectivity index (χ0n) is 25.2. The zero-order valence-corrected chi connectivity index (χ0v) is 26.0. The van der Waals surface area contributed by atoms with E-state index in [2.05, 4.69) is 53.1 Å². The van der Waals surface area contributed by atoms with Crippen molar-refractivity contribution >= 4 is 28.9 Å². The lowest BCUT2D eigenvalue weighted by atomic mass is 9.88. The van der Waals surface area contributed by atoms with Gasteiger partial charge in [0.1, 0.15) is 0 Å². The number of rotatable bonds is 10. The first-order valence-corrected chi connectivity index (χ1v) is 15.7. The Morgan fingerprint density at radius 1 is 1.00 bits per heavy atom. The van der Waals surface area contributed by atoms with Gasteiger partial charge in [-0.1, -0.05) is 47.5 Å². The van der Waals surface area contributed by atoms with E-state index in [1.54, 1.807) is 0 Å². The third kappa shape index (κ3) is 7.23. The molecule has 224 valence electrons. The molecule has 0 N–H and O–H groups in total. The Labute approximate surface area is 255 Å². The molecule has 2 aromatic rings. The van der Waals surface area contributed by atoms with Gasteiger partial charge in [-0.05, 0) is 80.0 Å². The van der Waals surface area contributed by atoms with Crippen molar-refractivity contribution in [1.82, 2.24) is 4.90 Å². The summed E-state index contributed by atoms with van der Waals surface area (Å²) in [5.74, 6) is 0.0872. The fourth-order valence-corrected chi connectivity index (χ4v) is 6.75. The lowest BCUT2D eigenvalue weighted by Gasteiger charge is -2.36. The van der Waals surface area contributed by atoms with Crippen LogP contribution in [0.5, 0.6) is 0 Å². The average molecular weight is 591 g/mol. The number of anilines is 1. The molecule has 2 aromatic carbocycles. The number of hydrogen-bond donors (Lipinski definition) is 0. The molecule has 7 heteroatoms. The Hall–Kier alpha value is -2.77. The number of halogens is 1. The molecular formula is C35H43ClN2O4. The molecule has 2 fully saturated rings. The molecule has 2 heterocycles. The van der Waals surface area contributed by atoms with Gasteiger partial charge in [-0.2, -0.15) is 0 Å². The van der Waals surface area contributed by atoms with Gasteiger partial charge in [0.15, 0.2) is 11.6 Å². The van der Waals surface area contributed by atoms with Crippen LogP contribution in [-0.4, -0.2) is 68.6 Å². The fourth-order valence-electron chi connectivity index (χ4n) is 6.43. The van der Waals surface area contributed by atoms with Crippen LogP contribution in [0, 0.1) is 0 Å². The normalized spacial score (nSPS) is 18.8. The van der Waals surface area contributed by atoms with Gasteiger partial charge in [0.25, 0.3) is 0 Å². The van der Waals surface area contributed by atoms with E-state index in [-0.39, 0.29) is 18.0 Å². The molecule has 42 heavy (non-hydrogen) atoms. The van der Waals surface area contributed by atoms with E-state index < -0.39 is 0 Å². The summed E-state index contributed by atoms with van der Waals surface area (Å²) < 4.78 is 11.1. The van der Waals surface area contributed by atoms with Gasteiger partial charge < -0.3 is 14.4 Å². The fraction of sp³-hybridized carbons (Fsp3) is 0.486. The second-order valence-corrected chi connectivity index (χ2v) is 12.1. The van der Waals surface area contributed by atoms with Crippen molar-refractivity contribution < 1.29 is 19.1 Å². The lowest BCUT2D eigenvalue weighted by molar-refractivity contribution is -0.115. The van der Waals surface area contributed by atoms with E-state index in [1.807, 2.05) is 19.9 Å². The second kappa shape index (κ2) is 14.1. The Morgan fingerprint density at radius 2 is 1.69 bits per heavy atom. The first-order chi connectivity index (χ1) is 20.3. The summed E-state index contributed by atoms with van der Waals surface area (Å²) in [6.45, 7) is 12.7. The summed E-state index contributed by atoms with van der Waals surface area (Å²) in [7, 11) is 0. The van der Waals surface area contributed by atoms with Crippen LogP contribution >= 0.6 is 11.6 Å². The highest BCUT2D eigenvalue weighted by atomic mass is 35.5. The number of allylic oxidation sites excluding steroid dienone is 4. The Balaban J connectivity index is 1.45. The van der Waals surface area contributed by atoms with Crippen molar-refractivity contribution in [2.75, 3.05) is 51.0 Å². The summed E-state index contributed by atoms with van der Waals surface area (Å²) >= 11 is 7.09. The molecule has 6 nitrogen and oxygen atoms in total. The molecule has 1 aliphatic carbocycles. The number of benzene rings is 2. The molecule has 3 aliphatic rings. The smallest absolute Gasteiger partial charge is 0.164 e. The number of morpholine rings is 1. The van der Waals surface area contributed by atoms with Crippen molar-refractivity contribution in [3.05, 3.63) is 75.3 Å². The molecule has 2 aliphatic heterocycles. The van der Waals surface area contributed by atoms with Crippen molar-refractivity contribution in [3.8, 4) is 11.1 Å². The van der Waals surface area contributed by atoms with E-state index in [9.17, 15) is 9.59 Å². The van der Waals surface area contributed by atoms with Gasteiger partial charge in [0.2, 0.25) is 0 Å². The van der Waals surface area contributed by atoms with E-state index >= 15 is 0 Å². The number of ketones is 2. The molecule has 0 radical (unpaired) electrons. The maximum atomic E-state index is 13.8. The van der Waals surface area contributed by atoms with Crippen LogP contribution in [0.15, 0.2) is 59.2 Å². The summed E-state index contributed by atoms with van der Waals surface area (Å²) in [5, 5.41) is 0.498.